The maximum absolute atomic E-state index is 4.55. The molecule has 1 N–H and O–H groups in total. The molecule has 128 valence electrons. The molecule has 0 aromatic carbocycles. The normalized spacial score (nSPS) is 28.1. The van der Waals surface area contributed by atoms with E-state index < -0.39 is 0 Å². The van der Waals surface area contributed by atoms with Crippen LogP contribution in [0, 0.1) is 11.3 Å². The van der Waals surface area contributed by atoms with Gasteiger partial charge in [0, 0.05) is 39.1 Å². The minimum atomic E-state index is 0.447. The highest BCUT2D eigenvalue weighted by atomic mass is 15.3. The summed E-state index contributed by atoms with van der Waals surface area (Å²) in [4.78, 5) is 11.2. The first-order valence-electron chi connectivity index (χ1n) is 9.04. The minimum absolute atomic E-state index is 0.447. The zero-order valence-electron chi connectivity index (χ0n) is 14.8. The molecule has 3 rings (SSSR count). The van der Waals surface area contributed by atoms with Crippen LogP contribution in [0.1, 0.15) is 52.0 Å². The van der Waals surface area contributed by atoms with Crippen LogP contribution >= 0.6 is 0 Å². The summed E-state index contributed by atoms with van der Waals surface area (Å²) in [7, 11) is 1.91. The number of likely N-dealkylation sites (tertiary alicyclic amines) is 1. The van der Waals surface area contributed by atoms with Crippen molar-refractivity contribution < 1.29 is 0 Å². The van der Waals surface area contributed by atoms with Gasteiger partial charge >= 0.3 is 0 Å². The highest BCUT2D eigenvalue weighted by Crippen LogP contribution is 2.36. The van der Waals surface area contributed by atoms with Gasteiger partial charge in [-0.3, -0.25) is 4.99 Å². The average molecular weight is 317 g/mol. The van der Waals surface area contributed by atoms with Crippen molar-refractivity contribution in [2.24, 2.45) is 16.3 Å². The Bertz CT molecular complexity index is 516. The lowest BCUT2D eigenvalue weighted by atomic mass is 9.89. The Kier molecular flexibility index (Phi) is 4.93. The summed E-state index contributed by atoms with van der Waals surface area (Å²) in [5, 5.41) is 3.65. The van der Waals surface area contributed by atoms with Crippen LogP contribution in [-0.2, 0) is 0 Å². The van der Waals surface area contributed by atoms with E-state index in [0.29, 0.717) is 17.4 Å². The summed E-state index contributed by atoms with van der Waals surface area (Å²) in [6, 6.07) is 0.479. The molecule has 2 fully saturated rings. The summed E-state index contributed by atoms with van der Waals surface area (Å²) < 4.78 is 2.25. The smallest absolute Gasteiger partial charge is 0.193 e. The summed E-state index contributed by atoms with van der Waals surface area (Å²) in [5.41, 5.74) is 0.447. The molecule has 2 aliphatic rings. The van der Waals surface area contributed by atoms with Crippen LogP contribution in [0.3, 0.4) is 0 Å². The molecule has 1 saturated carbocycles. The fourth-order valence-electron chi connectivity index (χ4n) is 4.13. The lowest BCUT2D eigenvalue weighted by Crippen LogP contribution is -2.50. The SMILES string of the molecule is CN=C(NCC1(C)CCCC1)N1CCC(C)C(n2ccnc2)C1. The maximum atomic E-state index is 4.55. The second-order valence-corrected chi connectivity index (χ2v) is 7.71. The Morgan fingerprint density at radius 1 is 1.39 bits per heavy atom. The van der Waals surface area contributed by atoms with Gasteiger partial charge in [0.2, 0.25) is 0 Å². The number of nitrogens with one attached hydrogen (secondary N) is 1. The van der Waals surface area contributed by atoms with Gasteiger partial charge in [-0.15, -0.1) is 0 Å². The van der Waals surface area contributed by atoms with Crippen molar-refractivity contribution in [1.82, 2.24) is 19.8 Å². The van der Waals surface area contributed by atoms with E-state index in [1.807, 2.05) is 19.6 Å². The van der Waals surface area contributed by atoms with E-state index in [1.165, 1.54) is 32.1 Å². The first-order chi connectivity index (χ1) is 11.1. The lowest BCUT2D eigenvalue weighted by Gasteiger charge is -2.40. The summed E-state index contributed by atoms with van der Waals surface area (Å²) in [6.45, 7) is 7.89. The number of guanidine groups is 1. The van der Waals surface area contributed by atoms with Gasteiger partial charge in [0.25, 0.3) is 0 Å². The third-order valence-corrected chi connectivity index (χ3v) is 5.82. The van der Waals surface area contributed by atoms with Crippen LogP contribution in [0.4, 0.5) is 0 Å². The summed E-state index contributed by atoms with van der Waals surface area (Å²) in [6.07, 6.45) is 12.5. The zero-order valence-corrected chi connectivity index (χ0v) is 14.8. The molecular weight excluding hydrogens is 286 g/mol. The van der Waals surface area contributed by atoms with Crippen LogP contribution < -0.4 is 5.32 Å². The molecular formula is C18H31N5. The van der Waals surface area contributed by atoms with Crippen molar-refractivity contribution in [2.45, 2.75) is 52.0 Å². The predicted octanol–water partition coefficient (Wildman–Crippen LogP) is 2.92. The number of aliphatic imine (C=N–C) groups is 1. The summed E-state index contributed by atoms with van der Waals surface area (Å²) >= 11 is 0. The van der Waals surface area contributed by atoms with E-state index in [4.69, 9.17) is 0 Å². The van der Waals surface area contributed by atoms with Crippen LogP contribution in [-0.4, -0.2) is 47.1 Å². The van der Waals surface area contributed by atoms with Crippen LogP contribution in [0.25, 0.3) is 0 Å². The Morgan fingerprint density at radius 3 is 2.83 bits per heavy atom. The number of hydrogen-bond donors (Lipinski definition) is 1. The molecule has 2 heterocycles. The molecule has 5 nitrogen and oxygen atoms in total. The molecule has 5 heteroatoms. The molecule has 1 saturated heterocycles. The molecule has 1 aliphatic carbocycles. The van der Waals surface area contributed by atoms with Gasteiger partial charge in [0.1, 0.15) is 0 Å². The largest absolute Gasteiger partial charge is 0.356 e. The van der Waals surface area contributed by atoms with Crippen molar-refractivity contribution in [3.8, 4) is 0 Å². The Balaban J connectivity index is 1.62. The molecule has 0 spiro atoms. The molecule has 1 aromatic rings. The first kappa shape index (κ1) is 16.3. The van der Waals surface area contributed by atoms with Crippen molar-refractivity contribution in [3.05, 3.63) is 18.7 Å². The van der Waals surface area contributed by atoms with Crippen LogP contribution in [0.2, 0.25) is 0 Å². The number of hydrogen-bond acceptors (Lipinski definition) is 2. The molecule has 2 unspecified atom stereocenters. The average Bonchev–Trinajstić information content (AvgIpc) is 3.21. The van der Waals surface area contributed by atoms with Gasteiger partial charge in [-0.25, -0.2) is 4.98 Å². The zero-order chi connectivity index (χ0) is 16.3. The Morgan fingerprint density at radius 2 is 2.17 bits per heavy atom. The van der Waals surface area contributed by atoms with Gasteiger partial charge in [-0.05, 0) is 30.6 Å². The van der Waals surface area contributed by atoms with E-state index in [-0.39, 0.29) is 0 Å². The molecule has 0 radical (unpaired) electrons. The topological polar surface area (TPSA) is 45.5 Å². The van der Waals surface area contributed by atoms with Crippen molar-refractivity contribution in [1.29, 1.82) is 0 Å². The number of nitrogens with zero attached hydrogens (tertiary/aromatic N) is 4. The van der Waals surface area contributed by atoms with Gasteiger partial charge in [0.05, 0.1) is 12.4 Å². The first-order valence-corrected chi connectivity index (χ1v) is 9.04. The maximum Gasteiger partial charge on any atom is 0.193 e. The lowest BCUT2D eigenvalue weighted by molar-refractivity contribution is 0.187. The van der Waals surface area contributed by atoms with E-state index in [9.17, 15) is 0 Å². The second kappa shape index (κ2) is 6.93. The number of aromatic nitrogens is 2. The highest BCUT2D eigenvalue weighted by molar-refractivity contribution is 5.80. The van der Waals surface area contributed by atoms with Crippen LogP contribution in [0.15, 0.2) is 23.7 Å². The Hall–Kier alpha value is -1.52. The third kappa shape index (κ3) is 3.70. The van der Waals surface area contributed by atoms with Gasteiger partial charge in [-0.2, -0.15) is 0 Å². The highest BCUT2D eigenvalue weighted by Gasteiger charge is 2.31. The van der Waals surface area contributed by atoms with E-state index in [1.54, 1.807) is 0 Å². The van der Waals surface area contributed by atoms with E-state index in [0.717, 1.165) is 25.6 Å². The molecule has 23 heavy (non-hydrogen) atoms. The minimum Gasteiger partial charge on any atom is -0.356 e. The number of rotatable bonds is 3. The van der Waals surface area contributed by atoms with E-state index >= 15 is 0 Å². The van der Waals surface area contributed by atoms with Crippen molar-refractivity contribution in [2.75, 3.05) is 26.7 Å². The molecule has 0 bridgehead atoms. The predicted molar refractivity (Wildman–Crippen MR) is 94.6 cm³/mol. The molecule has 0 amide bonds. The monoisotopic (exact) mass is 317 g/mol. The standard InChI is InChI=1S/C18H31N5/c1-15-6-10-22(12-16(15)23-11-9-20-14-23)17(19-3)21-13-18(2)7-4-5-8-18/h9,11,14-16H,4-8,10,12-13H2,1-3H3,(H,19,21). The van der Waals surface area contributed by atoms with Gasteiger partial charge in [-0.1, -0.05) is 26.7 Å². The second-order valence-electron chi connectivity index (χ2n) is 7.71. The fraction of sp³-hybridized carbons (Fsp3) is 0.778. The van der Waals surface area contributed by atoms with Crippen molar-refractivity contribution >= 4 is 5.96 Å². The summed E-state index contributed by atoms with van der Waals surface area (Å²) in [5.74, 6) is 1.74. The number of imidazole rings is 1. The van der Waals surface area contributed by atoms with Crippen LogP contribution in [0.5, 0.6) is 0 Å². The third-order valence-electron chi connectivity index (χ3n) is 5.82. The number of piperidine rings is 1. The quantitative estimate of drug-likeness (QED) is 0.689. The van der Waals surface area contributed by atoms with Gasteiger partial charge < -0.3 is 14.8 Å². The molecule has 1 aromatic heterocycles. The Labute approximate surface area is 140 Å². The van der Waals surface area contributed by atoms with E-state index in [2.05, 4.69) is 44.8 Å². The van der Waals surface area contributed by atoms with Gasteiger partial charge in [0.15, 0.2) is 5.96 Å². The molecule has 2 atom stereocenters. The molecule has 1 aliphatic heterocycles. The van der Waals surface area contributed by atoms with Crippen molar-refractivity contribution in [3.63, 3.8) is 0 Å². The fourth-order valence-corrected chi connectivity index (χ4v) is 4.13.